The number of hydrogen-bond acceptors (Lipinski definition) is 7. The second-order valence-corrected chi connectivity index (χ2v) is 8.13. The Morgan fingerprint density at radius 3 is 2.50 bits per heavy atom. The summed E-state index contributed by atoms with van der Waals surface area (Å²) in [4.78, 5) is 21.9. The number of ether oxygens (including phenoxy) is 3. The summed E-state index contributed by atoms with van der Waals surface area (Å²) in [5.41, 5.74) is 2.86. The van der Waals surface area contributed by atoms with Gasteiger partial charge in [0.1, 0.15) is 12.4 Å². The van der Waals surface area contributed by atoms with Crippen LogP contribution in [-0.2, 0) is 17.1 Å². The maximum absolute atomic E-state index is 13.2. The number of imidazole rings is 1. The molecule has 0 saturated heterocycles. The highest BCUT2D eigenvalue weighted by Crippen LogP contribution is 2.42. The van der Waals surface area contributed by atoms with E-state index in [1.807, 2.05) is 0 Å². The van der Waals surface area contributed by atoms with E-state index in [0.29, 0.717) is 33.8 Å². The van der Waals surface area contributed by atoms with E-state index in [4.69, 9.17) is 14.2 Å². The third-order valence-corrected chi connectivity index (χ3v) is 6.12. The number of carbonyl (C=O) groups is 1. The van der Waals surface area contributed by atoms with E-state index < -0.39 is 0 Å². The summed E-state index contributed by atoms with van der Waals surface area (Å²) in [7, 11) is 4.52. The van der Waals surface area contributed by atoms with Crippen molar-refractivity contribution in [3.8, 4) is 17.2 Å². The molecule has 0 aliphatic rings. The van der Waals surface area contributed by atoms with Crippen LogP contribution < -0.4 is 19.5 Å². The Labute approximate surface area is 200 Å². The molecule has 0 saturated carbocycles. The van der Waals surface area contributed by atoms with E-state index >= 15 is 0 Å². The molecular weight excluding hydrogens is 459 g/mol. The Morgan fingerprint density at radius 1 is 1.03 bits per heavy atom. The van der Waals surface area contributed by atoms with Crippen LogP contribution in [0.2, 0.25) is 0 Å². The van der Waals surface area contributed by atoms with E-state index in [2.05, 4.69) is 15.3 Å². The fraction of sp³-hybridized carbons (Fsp3) is 0.208. The van der Waals surface area contributed by atoms with E-state index in [0.717, 1.165) is 16.6 Å². The Balaban J connectivity index is 1.58. The highest BCUT2D eigenvalue weighted by Gasteiger charge is 2.19. The highest BCUT2D eigenvalue weighted by atomic mass is 32.2. The molecule has 0 spiro atoms. The van der Waals surface area contributed by atoms with Gasteiger partial charge in [-0.05, 0) is 35.9 Å². The molecule has 4 rings (SSSR count). The number of methoxy groups -OCH3 is 3. The molecule has 0 aliphatic carbocycles. The number of benzene rings is 2. The summed E-state index contributed by atoms with van der Waals surface area (Å²) >= 11 is 1.46. The first-order valence-corrected chi connectivity index (χ1v) is 11.3. The summed E-state index contributed by atoms with van der Waals surface area (Å²) in [6.45, 7) is 0.00540. The molecule has 0 radical (unpaired) electrons. The van der Waals surface area contributed by atoms with Crippen LogP contribution in [0.1, 0.15) is 5.56 Å². The van der Waals surface area contributed by atoms with Crippen LogP contribution in [-0.4, -0.2) is 41.8 Å². The van der Waals surface area contributed by atoms with Gasteiger partial charge in [0.2, 0.25) is 11.7 Å². The Kier molecular flexibility index (Phi) is 7.17. The molecular formula is C24H23FN4O4S. The van der Waals surface area contributed by atoms with Crippen molar-refractivity contribution in [2.75, 3.05) is 26.6 Å². The lowest BCUT2D eigenvalue weighted by Crippen LogP contribution is -2.20. The predicted molar refractivity (Wildman–Crippen MR) is 128 cm³/mol. The molecule has 2 aromatic heterocycles. The second-order valence-electron chi connectivity index (χ2n) is 7.19. The first-order valence-electron chi connectivity index (χ1n) is 10.3. The average molecular weight is 483 g/mol. The van der Waals surface area contributed by atoms with Gasteiger partial charge in [-0.1, -0.05) is 23.9 Å². The SMILES string of the molecule is COc1ccc(NC(=O)Cn2c(SCc3ccc(F)cc3)nc3ccncc32)c(OC)c1OC. The molecule has 8 nitrogen and oxygen atoms in total. The number of aromatic nitrogens is 3. The minimum Gasteiger partial charge on any atom is -0.493 e. The third-order valence-electron chi connectivity index (χ3n) is 5.08. The van der Waals surface area contributed by atoms with Crippen LogP contribution in [0.5, 0.6) is 17.2 Å². The number of anilines is 1. The summed E-state index contributed by atoms with van der Waals surface area (Å²) in [5, 5.41) is 3.53. The maximum Gasteiger partial charge on any atom is 0.244 e. The van der Waals surface area contributed by atoms with E-state index in [1.54, 1.807) is 47.3 Å². The lowest BCUT2D eigenvalue weighted by molar-refractivity contribution is -0.116. The Bertz CT molecular complexity index is 1310. The minimum absolute atomic E-state index is 0.00540. The van der Waals surface area contributed by atoms with Gasteiger partial charge >= 0.3 is 0 Å². The first kappa shape index (κ1) is 23.4. The molecule has 0 aliphatic heterocycles. The van der Waals surface area contributed by atoms with Crippen molar-refractivity contribution >= 4 is 34.4 Å². The molecule has 0 atom stereocenters. The molecule has 1 amide bonds. The third kappa shape index (κ3) is 4.91. The van der Waals surface area contributed by atoms with Crippen LogP contribution in [0.3, 0.4) is 0 Å². The highest BCUT2D eigenvalue weighted by molar-refractivity contribution is 7.98. The van der Waals surface area contributed by atoms with Gasteiger partial charge in [0, 0.05) is 11.9 Å². The number of nitrogens with one attached hydrogen (secondary N) is 1. The fourth-order valence-corrected chi connectivity index (χ4v) is 4.44. The first-order chi connectivity index (χ1) is 16.5. The van der Waals surface area contributed by atoms with Crippen molar-refractivity contribution in [1.82, 2.24) is 14.5 Å². The second kappa shape index (κ2) is 10.4. The molecule has 10 heteroatoms. The van der Waals surface area contributed by atoms with E-state index in [9.17, 15) is 9.18 Å². The quantitative estimate of drug-likeness (QED) is 0.351. The average Bonchev–Trinajstić information content (AvgIpc) is 3.20. The number of pyridine rings is 1. The number of thioether (sulfide) groups is 1. The van der Waals surface area contributed by atoms with Gasteiger partial charge in [-0.3, -0.25) is 9.78 Å². The number of nitrogens with zero attached hydrogens (tertiary/aromatic N) is 3. The standard InChI is InChI=1S/C24H23FN4O4S/c1-31-20-9-8-18(22(32-2)23(20)33-3)27-21(30)13-29-19-12-26-11-10-17(19)28-24(29)34-14-15-4-6-16(25)7-5-15/h4-12H,13-14H2,1-3H3,(H,27,30). The van der Waals surface area contributed by atoms with Gasteiger partial charge in [0.25, 0.3) is 0 Å². The van der Waals surface area contributed by atoms with E-state index in [1.165, 1.54) is 45.2 Å². The van der Waals surface area contributed by atoms with Crippen LogP contribution >= 0.6 is 11.8 Å². The summed E-state index contributed by atoms with van der Waals surface area (Å²) in [6, 6.07) is 11.5. The van der Waals surface area contributed by atoms with Gasteiger partial charge in [0.05, 0.1) is 44.2 Å². The lowest BCUT2D eigenvalue weighted by Gasteiger charge is -2.16. The topological polar surface area (TPSA) is 87.5 Å². The molecule has 0 bridgehead atoms. The largest absolute Gasteiger partial charge is 0.493 e. The van der Waals surface area contributed by atoms with Crippen LogP contribution in [0.25, 0.3) is 11.0 Å². The molecule has 4 aromatic rings. The van der Waals surface area contributed by atoms with Crippen molar-refractivity contribution < 1.29 is 23.4 Å². The predicted octanol–water partition coefficient (Wildman–Crippen LogP) is 4.53. The van der Waals surface area contributed by atoms with Gasteiger partial charge in [-0.15, -0.1) is 0 Å². The van der Waals surface area contributed by atoms with Gasteiger partial charge in [0.15, 0.2) is 16.7 Å². The van der Waals surface area contributed by atoms with Gasteiger partial charge in [-0.25, -0.2) is 9.37 Å². The van der Waals surface area contributed by atoms with Crippen molar-refractivity contribution in [2.45, 2.75) is 17.5 Å². The van der Waals surface area contributed by atoms with Crippen LogP contribution in [0.15, 0.2) is 60.0 Å². The summed E-state index contributed by atoms with van der Waals surface area (Å²) in [5.74, 6) is 1.24. The zero-order valence-electron chi connectivity index (χ0n) is 18.9. The molecule has 2 heterocycles. The zero-order chi connectivity index (χ0) is 24.1. The van der Waals surface area contributed by atoms with Crippen LogP contribution in [0, 0.1) is 5.82 Å². The maximum atomic E-state index is 13.2. The lowest BCUT2D eigenvalue weighted by atomic mass is 10.2. The Hall–Kier alpha value is -3.79. The number of carbonyl (C=O) groups excluding carboxylic acids is 1. The number of halogens is 1. The summed E-state index contributed by atoms with van der Waals surface area (Å²) < 4.78 is 31.2. The molecule has 0 fully saturated rings. The van der Waals surface area contributed by atoms with Crippen molar-refractivity contribution in [3.63, 3.8) is 0 Å². The monoisotopic (exact) mass is 482 g/mol. The smallest absolute Gasteiger partial charge is 0.244 e. The Morgan fingerprint density at radius 2 is 1.79 bits per heavy atom. The molecule has 2 aromatic carbocycles. The van der Waals surface area contributed by atoms with Crippen molar-refractivity contribution in [1.29, 1.82) is 0 Å². The molecule has 1 N–H and O–H groups in total. The van der Waals surface area contributed by atoms with E-state index in [-0.39, 0.29) is 18.3 Å². The van der Waals surface area contributed by atoms with Gasteiger partial charge < -0.3 is 24.1 Å². The fourth-order valence-electron chi connectivity index (χ4n) is 3.47. The number of fused-ring (bicyclic) bond motifs is 1. The van der Waals surface area contributed by atoms with Crippen molar-refractivity contribution in [3.05, 3.63) is 66.2 Å². The zero-order valence-corrected chi connectivity index (χ0v) is 19.7. The van der Waals surface area contributed by atoms with Gasteiger partial charge in [-0.2, -0.15) is 0 Å². The molecule has 176 valence electrons. The normalized spacial score (nSPS) is 10.8. The number of hydrogen-bond donors (Lipinski definition) is 1. The minimum atomic E-state index is -0.283. The summed E-state index contributed by atoms with van der Waals surface area (Å²) in [6.07, 6.45) is 3.33. The number of rotatable bonds is 9. The van der Waals surface area contributed by atoms with Crippen LogP contribution in [0.4, 0.5) is 10.1 Å². The number of amides is 1. The molecule has 0 unspecified atom stereocenters. The van der Waals surface area contributed by atoms with Crippen molar-refractivity contribution in [2.24, 2.45) is 0 Å². The molecule has 34 heavy (non-hydrogen) atoms.